The van der Waals surface area contributed by atoms with E-state index < -0.39 is 5.76 Å². The number of thiocarbonyl (C=S) groups is 1. The SMILES string of the molecule is C[NH+]1CCCN(C(=S)Nc2ccc(SC(F)F)cc2)CC1. The Hall–Kier alpha value is -0.920. The first-order valence-corrected chi connectivity index (χ1v) is 8.25. The molecule has 1 aromatic rings. The monoisotopic (exact) mass is 332 g/mol. The Bertz CT molecular complexity index is 468. The van der Waals surface area contributed by atoms with E-state index in [0.29, 0.717) is 21.8 Å². The standard InChI is InChI=1S/C14H19F2N3S2/c1-18-7-2-8-19(10-9-18)14(20)17-11-3-5-12(6-4-11)21-13(15)16/h3-6,13H,2,7-10H2,1H3,(H,17,20)/p+1. The Morgan fingerprint density at radius 1 is 1.29 bits per heavy atom. The van der Waals surface area contributed by atoms with E-state index in [-0.39, 0.29) is 0 Å². The van der Waals surface area contributed by atoms with Gasteiger partial charge < -0.3 is 15.1 Å². The Labute approximate surface area is 133 Å². The number of likely N-dealkylation sites (N-methyl/N-ethyl adjacent to an activating group) is 1. The topological polar surface area (TPSA) is 19.7 Å². The third-order valence-electron chi connectivity index (χ3n) is 3.46. The first-order valence-electron chi connectivity index (χ1n) is 6.96. The van der Waals surface area contributed by atoms with Crippen LogP contribution >= 0.6 is 24.0 Å². The first kappa shape index (κ1) is 16.5. The molecule has 7 heteroatoms. The maximum absolute atomic E-state index is 12.3. The molecular weight excluding hydrogens is 312 g/mol. The summed E-state index contributed by atoms with van der Waals surface area (Å²) >= 11 is 5.99. The summed E-state index contributed by atoms with van der Waals surface area (Å²) in [5.74, 6) is -2.39. The van der Waals surface area contributed by atoms with Crippen molar-refractivity contribution in [2.24, 2.45) is 0 Å². The number of thioether (sulfide) groups is 1. The second-order valence-corrected chi connectivity index (χ2v) is 6.58. The molecule has 0 saturated carbocycles. The van der Waals surface area contributed by atoms with Gasteiger partial charge in [-0.2, -0.15) is 8.78 Å². The molecular formula is C14H20F2N3S2+. The van der Waals surface area contributed by atoms with Gasteiger partial charge in [0.2, 0.25) is 0 Å². The van der Waals surface area contributed by atoms with Crippen LogP contribution in [0.2, 0.25) is 0 Å². The van der Waals surface area contributed by atoms with Gasteiger partial charge in [-0.3, -0.25) is 0 Å². The van der Waals surface area contributed by atoms with Gasteiger partial charge in [0.05, 0.1) is 26.7 Å². The highest BCUT2D eigenvalue weighted by molar-refractivity contribution is 7.99. The Kier molecular flexibility index (Phi) is 6.20. The van der Waals surface area contributed by atoms with E-state index in [2.05, 4.69) is 17.3 Å². The second kappa shape index (κ2) is 7.91. The highest BCUT2D eigenvalue weighted by atomic mass is 32.2. The average molecular weight is 332 g/mol. The van der Waals surface area contributed by atoms with Crippen LogP contribution in [0.15, 0.2) is 29.2 Å². The van der Waals surface area contributed by atoms with E-state index in [9.17, 15) is 8.78 Å². The van der Waals surface area contributed by atoms with Crippen LogP contribution in [0.1, 0.15) is 6.42 Å². The average Bonchev–Trinajstić information content (AvgIpc) is 2.65. The van der Waals surface area contributed by atoms with Crippen molar-refractivity contribution in [2.75, 3.05) is 38.5 Å². The molecule has 0 radical (unpaired) electrons. The Morgan fingerprint density at radius 2 is 2.00 bits per heavy atom. The number of nitrogens with zero attached hydrogens (tertiary/aromatic N) is 1. The molecule has 1 unspecified atom stereocenters. The van der Waals surface area contributed by atoms with Crippen molar-refractivity contribution < 1.29 is 13.7 Å². The summed E-state index contributed by atoms with van der Waals surface area (Å²) in [7, 11) is 2.19. The van der Waals surface area contributed by atoms with Crippen molar-refractivity contribution in [1.82, 2.24) is 4.90 Å². The third-order valence-corrected chi connectivity index (χ3v) is 4.54. The molecule has 2 rings (SSSR count). The first-order chi connectivity index (χ1) is 10.0. The molecule has 0 amide bonds. The van der Waals surface area contributed by atoms with Gasteiger partial charge >= 0.3 is 0 Å². The van der Waals surface area contributed by atoms with E-state index in [0.717, 1.165) is 31.7 Å². The van der Waals surface area contributed by atoms with Gasteiger partial charge in [0.15, 0.2) is 5.11 Å². The van der Waals surface area contributed by atoms with Crippen molar-refractivity contribution in [3.8, 4) is 0 Å². The summed E-state index contributed by atoms with van der Waals surface area (Å²) in [5.41, 5.74) is 0.837. The number of benzene rings is 1. The minimum atomic E-state index is -2.39. The molecule has 116 valence electrons. The van der Waals surface area contributed by atoms with Crippen molar-refractivity contribution in [1.29, 1.82) is 0 Å². The van der Waals surface area contributed by atoms with Gasteiger partial charge in [-0.05, 0) is 36.5 Å². The minimum absolute atomic E-state index is 0.550. The molecule has 2 N–H and O–H groups in total. The molecule has 21 heavy (non-hydrogen) atoms. The van der Waals surface area contributed by atoms with Crippen molar-refractivity contribution in [3.05, 3.63) is 24.3 Å². The van der Waals surface area contributed by atoms with Gasteiger partial charge in [-0.25, -0.2) is 0 Å². The summed E-state index contributed by atoms with van der Waals surface area (Å²) in [6.45, 7) is 4.14. The van der Waals surface area contributed by atoms with Crippen LogP contribution in [-0.2, 0) is 0 Å². The molecule has 1 saturated heterocycles. The number of alkyl halides is 2. The molecule has 0 aromatic heterocycles. The number of quaternary nitrogens is 1. The molecule has 3 nitrogen and oxygen atoms in total. The van der Waals surface area contributed by atoms with Crippen LogP contribution in [0.5, 0.6) is 0 Å². The Morgan fingerprint density at radius 3 is 2.67 bits per heavy atom. The summed E-state index contributed by atoms with van der Waals surface area (Å²) in [6, 6.07) is 6.93. The molecule has 1 fully saturated rings. The van der Waals surface area contributed by atoms with E-state index in [1.165, 1.54) is 11.4 Å². The van der Waals surface area contributed by atoms with Crippen LogP contribution in [0.4, 0.5) is 14.5 Å². The fourth-order valence-corrected chi connectivity index (χ4v) is 3.06. The lowest BCUT2D eigenvalue weighted by Gasteiger charge is -2.23. The highest BCUT2D eigenvalue weighted by Gasteiger charge is 2.16. The van der Waals surface area contributed by atoms with Crippen LogP contribution in [0, 0.1) is 0 Å². The molecule has 0 spiro atoms. The Balaban J connectivity index is 1.89. The number of nitrogens with one attached hydrogen (secondary N) is 2. The largest absolute Gasteiger partial charge is 0.343 e. The molecule has 1 heterocycles. The normalized spacial score (nSPS) is 19.4. The van der Waals surface area contributed by atoms with Gasteiger partial charge in [0.25, 0.3) is 5.76 Å². The molecule has 1 aliphatic heterocycles. The summed E-state index contributed by atoms with van der Waals surface area (Å²) in [5, 5.41) is 3.89. The summed E-state index contributed by atoms with van der Waals surface area (Å²) in [4.78, 5) is 4.25. The highest BCUT2D eigenvalue weighted by Crippen LogP contribution is 2.26. The van der Waals surface area contributed by atoms with Crippen molar-refractivity contribution in [3.63, 3.8) is 0 Å². The maximum Gasteiger partial charge on any atom is 0.288 e. The van der Waals surface area contributed by atoms with Gasteiger partial charge in [0.1, 0.15) is 0 Å². The van der Waals surface area contributed by atoms with E-state index in [4.69, 9.17) is 12.2 Å². The number of rotatable bonds is 3. The van der Waals surface area contributed by atoms with Crippen LogP contribution in [-0.4, -0.2) is 49.0 Å². The van der Waals surface area contributed by atoms with Crippen LogP contribution in [0.3, 0.4) is 0 Å². The number of anilines is 1. The fourth-order valence-electron chi connectivity index (χ4n) is 2.26. The number of hydrogen-bond donors (Lipinski definition) is 2. The fraction of sp³-hybridized carbons (Fsp3) is 0.500. The zero-order valence-electron chi connectivity index (χ0n) is 11.9. The zero-order chi connectivity index (χ0) is 15.2. The smallest absolute Gasteiger partial charge is 0.288 e. The third kappa shape index (κ3) is 5.41. The summed E-state index contributed by atoms with van der Waals surface area (Å²) in [6.07, 6.45) is 1.12. The zero-order valence-corrected chi connectivity index (χ0v) is 13.6. The van der Waals surface area contributed by atoms with E-state index in [1.807, 2.05) is 0 Å². The molecule has 1 aromatic carbocycles. The summed E-state index contributed by atoms with van der Waals surface area (Å²) < 4.78 is 24.5. The van der Waals surface area contributed by atoms with Crippen molar-refractivity contribution in [2.45, 2.75) is 17.1 Å². The molecule has 1 atom stereocenters. The lowest BCUT2D eigenvalue weighted by molar-refractivity contribution is -0.877. The molecule has 1 aliphatic rings. The maximum atomic E-state index is 12.3. The van der Waals surface area contributed by atoms with E-state index in [1.54, 1.807) is 24.3 Å². The lowest BCUT2D eigenvalue weighted by Crippen LogP contribution is -3.09. The predicted molar refractivity (Wildman–Crippen MR) is 87.3 cm³/mol. The number of hydrogen-bond acceptors (Lipinski definition) is 2. The van der Waals surface area contributed by atoms with Gasteiger partial charge in [-0.15, -0.1) is 0 Å². The van der Waals surface area contributed by atoms with Gasteiger partial charge in [-0.1, -0.05) is 11.8 Å². The van der Waals surface area contributed by atoms with Gasteiger partial charge in [0, 0.05) is 23.5 Å². The molecule has 0 bridgehead atoms. The van der Waals surface area contributed by atoms with E-state index >= 15 is 0 Å². The lowest BCUT2D eigenvalue weighted by atomic mass is 10.3. The number of halogens is 2. The minimum Gasteiger partial charge on any atom is -0.343 e. The predicted octanol–water partition coefficient (Wildman–Crippen LogP) is 1.92. The quantitative estimate of drug-likeness (QED) is 0.651. The van der Waals surface area contributed by atoms with Crippen LogP contribution < -0.4 is 10.2 Å². The second-order valence-electron chi connectivity index (χ2n) is 5.13. The van der Waals surface area contributed by atoms with Crippen LogP contribution in [0.25, 0.3) is 0 Å². The van der Waals surface area contributed by atoms with Crippen molar-refractivity contribution >= 4 is 34.8 Å². The molecule has 0 aliphatic carbocycles.